The molecule has 1 N–H and O–H groups in total. The lowest BCUT2D eigenvalue weighted by Gasteiger charge is -2.00. The maximum absolute atomic E-state index is 4.76. The molecular weight excluding hydrogens is 336 g/mol. The number of aromatic nitrogens is 1. The molecule has 0 atom stereocenters. The van der Waals surface area contributed by atoms with Gasteiger partial charge in [0.1, 0.15) is 5.01 Å². The molecular formula is C23H20N2S. The highest BCUT2D eigenvalue weighted by Crippen LogP contribution is 2.31. The van der Waals surface area contributed by atoms with E-state index in [-0.39, 0.29) is 0 Å². The van der Waals surface area contributed by atoms with Gasteiger partial charge >= 0.3 is 0 Å². The molecule has 0 fully saturated rings. The molecule has 0 amide bonds. The van der Waals surface area contributed by atoms with Gasteiger partial charge in [-0.15, -0.1) is 11.3 Å². The number of anilines is 1. The fourth-order valence-corrected chi connectivity index (χ4v) is 3.91. The smallest absolute Gasteiger partial charge is 0.124 e. The van der Waals surface area contributed by atoms with Crippen LogP contribution in [0.15, 0.2) is 66.7 Å². The Bertz CT molecular complexity index is 1060. The van der Waals surface area contributed by atoms with Gasteiger partial charge in [-0.25, -0.2) is 4.98 Å². The standard InChI is InChI=1S/C23H20N2S/c1-16-3-14-21-22(15-16)26-23(25-21)19-10-6-17(7-11-19)4-5-18-8-12-20(24-2)13-9-18/h3-15,24H,1-2H3/b5-4+. The minimum Gasteiger partial charge on any atom is -0.388 e. The topological polar surface area (TPSA) is 24.9 Å². The number of aryl methyl sites for hydroxylation is 1. The molecule has 2 nitrogen and oxygen atoms in total. The second-order valence-corrected chi connectivity index (χ2v) is 7.35. The number of nitrogens with one attached hydrogen (secondary N) is 1. The van der Waals surface area contributed by atoms with Gasteiger partial charge in [-0.3, -0.25) is 0 Å². The van der Waals surface area contributed by atoms with E-state index in [1.165, 1.54) is 27.0 Å². The highest BCUT2D eigenvalue weighted by molar-refractivity contribution is 7.21. The predicted octanol–water partition coefficient (Wildman–Crippen LogP) is 6.48. The van der Waals surface area contributed by atoms with Crippen LogP contribution >= 0.6 is 11.3 Å². The van der Waals surface area contributed by atoms with Crippen LogP contribution in [0.2, 0.25) is 0 Å². The zero-order chi connectivity index (χ0) is 17.9. The van der Waals surface area contributed by atoms with E-state index in [2.05, 4.69) is 91.1 Å². The van der Waals surface area contributed by atoms with Crippen LogP contribution in [-0.2, 0) is 0 Å². The molecule has 4 aromatic rings. The molecule has 3 heteroatoms. The molecule has 0 unspecified atom stereocenters. The van der Waals surface area contributed by atoms with Gasteiger partial charge in [-0.2, -0.15) is 0 Å². The summed E-state index contributed by atoms with van der Waals surface area (Å²) in [7, 11) is 1.93. The maximum atomic E-state index is 4.76. The van der Waals surface area contributed by atoms with E-state index in [0.717, 1.165) is 16.2 Å². The summed E-state index contributed by atoms with van der Waals surface area (Å²) in [6.07, 6.45) is 4.27. The van der Waals surface area contributed by atoms with E-state index >= 15 is 0 Å². The second-order valence-electron chi connectivity index (χ2n) is 6.32. The van der Waals surface area contributed by atoms with Crippen molar-refractivity contribution in [3.8, 4) is 10.6 Å². The van der Waals surface area contributed by atoms with E-state index in [0.29, 0.717) is 0 Å². The van der Waals surface area contributed by atoms with Gasteiger partial charge in [-0.1, -0.05) is 54.6 Å². The van der Waals surface area contributed by atoms with E-state index in [4.69, 9.17) is 4.98 Å². The molecule has 0 saturated carbocycles. The minimum absolute atomic E-state index is 1.07. The Labute approximate surface area is 157 Å². The van der Waals surface area contributed by atoms with Crippen molar-refractivity contribution in [2.45, 2.75) is 6.92 Å². The third kappa shape index (κ3) is 3.53. The zero-order valence-electron chi connectivity index (χ0n) is 14.9. The van der Waals surface area contributed by atoms with Gasteiger partial charge in [0.25, 0.3) is 0 Å². The van der Waals surface area contributed by atoms with Crippen molar-refractivity contribution >= 4 is 39.4 Å². The normalized spacial score (nSPS) is 11.3. The number of fused-ring (bicyclic) bond motifs is 1. The lowest BCUT2D eigenvalue weighted by molar-refractivity contribution is 1.45. The SMILES string of the molecule is CNc1ccc(/C=C/c2ccc(-c3nc4ccc(C)cc4s3)cc2)cc1. The van der Waals surface area contributed by atoms with E-state index in [1.807, 2.05) is 7.05 Å². The van der Waals surface area contributed by atoms with Crippen LogP contribution in [0, 0.1) is 6.92 Å². The summed E-state index contributed by atoms with van der Waals surface area (Å²) in [5.74, 6) is 0. The number of hydrogen-bond donors (Lipinski definition) is 1. The Hall–Kier alpha value is -2.91. The Morgan fingerprint density at radius 1 is 0.846 bits per heavy atom. The zero-order valence-corrected chi connectivity index (χ0v) is 15.7. The van der Waals surface area contributed by atoms with E-state index in [1.54, 1.807) is 11.3 Å². The fourth-order valence-electron chi connectivity index (χ4n) is 2.85. The summed E-state index contributed by atoms with van der Waals surface area (Å²) in [4.78, 5) is 4.76. The summed E-state index contributed by atoms with van der Waals surface area (Å²) in [5.41, 5.74) is 7.01. The third-order valence-corrected chi connectivity index (χ3v) is 5.44. The van der Waals surface area contributed by atoms with Crippen LogP contribution < -0.4 is 5.32 Å². The number of thiazole rings is 1. The van der Waals surface area contributed by atoms with Gasteiger partial charge in [-0.05, 0) is 47.9 Å². The average molecular weight is 356 g/mol. The summed E-state index contributed by atoms with van der Waals surface area (Å²) in [6, 6.07) is 23.4. The molecule has 0 bridgehead atoms. The molecule has 26 heavy (non-hydrogen) atoms. The van der Waals surface area contributed by atoms with Crippen molar-refractivity contribution in [2.24, 2.45) is 0 Å². The summed E-state index contributed by atoms with van der Waals surface area (Å²) >= 11 is 1.75. The van der Waals surface area contributed by atoms with Crippen LogP contribution in [0.5, 0.6) is 0 Å². The Kier molecular flexibility index (Phi) is 4.55. The Morgan fingerprint density at radius 3 is 2.15 bits per heavy atom. The molecule has 0 saturated heterocycles. The number of hydrogen-bond acceptors (Lipinski definition) is 3. The van der Waals surface area contributed by atoms with Crippen molar-refractivity contribution in [3.05, 3.63) is 83.4 Å². The van der Waals surface area contributed by atoms with Crippen LogP contribution in [0.1, 0.15) is 16.7 Å². The highest BCUT2D eigenvalue weighted by Gasteiger charge is 2.06. The first-order valence-electron chi connectivity index (χ1n) is 8.65. The van der Waals surface area contributed by atoms with E-state index < -0.39 is 0 Å². The molecule has 1 heterocycles. The maximum Gasteiger partial charge on any atom is 0.124 e. The second kappa shape index (κ2) is 7.14. The molecule has 128 valence electrons. The Balaban J connectivity index is 1.54. The molecule has 0 spiro atoms. The fraction of sp³-hybridized carbons (Fsp3) is 0.0870. The lowest BCUT2D eigenvalue weighted by atomic mass is 10.1. The number of nitrogens with zero attached hydrogens (tertiary/aromatic N) is 1. The van der Waals surface area contributed by atoms with Crippen molar-refractivity contribution in [2.75, 3.05) is 12.4 Å². The molecule has 0 aliphatic carbocycles. The van der Waals surface area contributed by atoms with Crippen molar-refractivity contribution < 1.29 is 0 Å². The first kappa shape index (κ1) is 16.6. The molecule has 4 rings (SSSR count). The van der Waals surface area contributed by atoms with Crippen LogP contribution in [0.4, 0.5) is 5.69 Å². The predicted molar refractivity (Wildman–Crippen MR) is 115 cm³/mol. The van der Waals surface area contributed by atoms with Crippen LogP contribution in [-0.4, -0.2) is 12.0 Å². The monoisotopic (exact) mass is 356 g/mol. The molecule has 0 aliphatic rings. The van der Waals surface area contributed by atoms with Crippen LogP contribution in [0.3, 0.4) is 0 Å². The van der Waals surface area contributed by atoms with Crippen molar-refractivity contribution in [1.82, 2.24) is 4.98 Å². The molecule has 1 aromatic heterocycles. The van der Waals surface area contributed by atoms with Crippen molar-refractivity contribution in [3.63, 3.8) is 0 Å². The quantitative estimate of drug-likeness (QED) is 0.423. The van der Waals surface area contributed by atoms with Gasteiger partial charge in [0.15, 0.2) is 0 Å². The van der Waals surface area contributed by atoms with Crippen molar-refractivity contribution in [1.29, 1.82) is 0 Å². The average Bonchev–Trinajstić information content (AvgIpc) is 3.10. The summed E-state index contributed by atoms with van der Waals surface area (Å²) in [5, 5.41) is 4.21. The number of rotatable bonds is 4. The highest BCUT2D eigenvalue weighted by atomic mass is 32.1. The lowest BCUT2D eigenvalue weighted by Crippen LogP contribution is -1.86. The van der Waals surface area contributed by atoms with Gasteiger partial charge < -0.3 is 5.32 Å². The molecule has 3 aromatic carbocycles. The largest absolute Gasteiger partial charge is 0.388 e. The number of benzene rings is 3. The van der Waals surface area contributed by atoms with E-state index in [9.17, 15) is 0 Å². The first-order valence-corrected chi connectivity index (χ1v) is 9.46. The molecule has 0 radical (unpaired) electrons. The summed E-state index contributed by atoms with van der Waals surface area (Å²) < 4.78 is 1.24. The minimum atomic E-state index is 1.07. The van der Waals surface area contributed by atoms with Gasteiger partial charge in [0, 0.05) is 18.3 Å². The summed E-state index contributed by atoms with van der Waals surface area (Å²) in [6.45, 7) is 2.12. The Morgan fingerprint density at radius 2 is 1.50 bits per heavy atom. The van der Waals surface area contributed by atoms with Gasteiger partial charge in [0.05, 0.1) is 10.2 Å². The van der Waals surface area contributed by atoms with Gasteiger partial charge in [0.2, 0.25) is 0 Å². The molecule has 0 aliphatic heterocycles. The first-order chi connectivity index (χ1) is 12.7. The third-order valence-electron chi connectivity index (χ3n) is 4.37. The van der Waals surface area contributed by atoms with Crippen LogP contribution in [0.25, 0.3) is 32.9 Å².